The Bertz CT molecular complexity index is 1040. The van der Waals surface area contributed by atoms with Crippen LogP contribution in [0.1, 0.15) is 132 Å². The largest absolute Gasteiger partial charge is 0.462 e. The van der Waals surface area contributed by atoms with E-state index >= 15 is 0 Å². The number of fused-ring (bicyclic) bond motifs is 1. The van der Waals surface area contributed by atoms with Crippen LogP contribution in [0.3, 0.4) is 0 Å². The smallest absolute Gasteiger partial charge is 0.338 e. The standard InChI is InChI=1S/C33H46O2/c1-8-10-11-12-13-14-27-22-29-30(33(6,7)20-19-32(29,4)5)23-28(27)24(3)21-25-15-17-26(18-16-25)31(34)35-9-2/h15-18,21-23H,8-14,19-20H2,1-7H3/b24-21+. The highest BCUT2D eigenvalue weighted by Gasteiger charge is 2.37. The van der Waals surface area contributed by atoms with Gasteiger partial charge in [-0.2, -0.15) is 0 Å². The van der Waals surface area contributed by atoms with Crippen molar-refractivity contribution in [3.05, 3.63) is 69.8 Å². The van der Waals surface area contributed by atoms with Crippen LogP contribution in [-0.4, -0.2) is 12.6 Å². The van der Waals surface area contributed by atoms with Crippen LogP contribution in [0.2, 0.25) is 0 Å². The third kappa shape index (κ3) is 6.66. The first-order chi connectivity index (χ1) is 16.6. The first-order valence-corrected chi connectivity index (χ1v) is 13.7. The molecule has 2 nitrogen and oxygen atoms in total. The zero-order chi connectivity index (χ0) is 25.6. The Hall–Kier alpha value is -2.35. The van der Waals surface area contributed by atoms with Crippen LogP contribution in [0.25, 0.3) is 11.6 Å². The first kappa shape index (κ1) is 27.2. The highest BCUT2D eigenvalue weighted by molar-refractivity contribution is 5.90. The number of allylic oxidation sites excluding steroid dienone is 1. The predicted molar refractivity (Wildman–Crippen MR) is 150 cm³/mol. The van der Waals surface area contributed by atoms with Gasteiger partial charge in [0, 0.05) is 0 Å². The number of aryl methyl sites for hydroxylation is 1. The Morgan fingerprint density at radius 3 is 2.09 bits per heavy atom. The van der Waals surface area contributed by atoms with E-state index in [1.165, 1.54) is 67.2 Å². The zero-order valence-electron chi connectivity index (χ0n) is 23.2. The van der Waals surface area contributed by atoms with E-state index in [4.69, 9.17) is 4.74 Å². The fourth-order valence-corrected chi connectivity index (χ4v) is 5.41. The lowest BCUT2D eigenvalue weighted by Crippen LogP contribution is -2.34. The van der Waals surface area contributed by atoms with E-state index in [-0.39, 0.29) is 16.8 Å². The van der Waals surface area contributed by atoms with Crippen molar-refractivity contribution >= 4 is 17.6 Å². The average molecular weight is 475 g/mol. The molecule has 2 aromatic carbocycles. The molecule has 0 N–H and O–H groups in total. The van der Waals surface area contributed by atoms with Crippen LogP contribution in [0.15, 0.2) is 36.4 Å². The van der Waals surface area contributed by atoms with Crippen molar-refractivity contribution in [2.45, 2.75) is 111 Å². The second kappa shape index (κ2) is 11.6. The lowest BCUT2D eigenvalue weighted by atomic mass is 9.62. The molecule has 1 aliphatic rings. The van der Waals surface area contributed by atoms with E-state index in [1.807, 2.05) is 31.2 Å². The summed E-state index contributed by atoms with van der Waals surface area (Å²) in [7, 11) is 0. The topological polar surface area (TPSA) is 26.3 Å². The van der Waals surface area contributed by atoms with Crippen molar-refractivity contribution in [2.24, 2.45) is 0 Å². The highest BCUT2D eigenvalue weighted by Crippen LogP contribution is 2.47. The van der Waals surface area contributed by atoms with Crippen molar-refractivity contribution in [1.82, 2.24) is 0 Å². The van der Waals surface area contributed by atoms with Gasteiger partial charge in [-0.15, -0.1) is 0 Å². The number of benzene rings is 2. The monoisotopic (exact) mass is 474 g/mol. The molecule has 0 atom stereocenters. The zero-order valence-corrected chi connectivity index (χ0v) is 23.2. The molecule has 0 radical (unpaired) electrons. The number of unbranched alkanes of at least 4 members (excludes halogenated alkanes) is 4. The summed E-state index contributed by atoms with van der Waals surface area (Å²) in [6.07, 6.45) is 12.4. The maximum atomic E-state index is 12.0. The van der Waals surface area contributed by atoms with E-state index in [1.54, 1.807) is 5.56 Å². The Morgan fingerprint density at radius 1 is 0.886 bits per heavy atom. The molecule has 3 rings (SSSR count). The number of esters is 1. The van der Waals surface area contributed by atoms with E-state index in [0.717, 1.165) is 12.0 Å². The van der Waals surface area contributed by atoms with Crippen LogP contribution in [0.5, 0.6) is 0 Å². The van der Waals surface area contributed by atoms with Gasteiger partial charge in [-0.25, -0.2) is 4.79 Å². The molecule has 0 unspecified atom stereocenters. The summed E-state index contributed by atoms with van der Waals surface area (Å²) in [5.41, 5.74) is 9.37. The van der Waals surface area contributed by atoms with Gasteiger partial charge in [0.2, 0.25) is 0 Å². The Labute approximate surface area is 214 Å². The molecule has 0 amide bonds. The van der Waals surface area contributed by atoms with Gasteiger partial charge in [-0.1, -0.05) is 90.6 Å². The molecule has 0 bridgehead atoms. The summed E-state index contributed by atoms with van der Waals surface area (Å²) in [5.74, 6) is -0.260. The summed E-state index contributed by atoms with van der Waals surface area (Å²) in [4.78, 5) is 12.0. The van der Waals surface area contributed by atoms with Gasteiger partial charge >= 0.3 is 5.97 Å². The summed E-state index contributed by atoms with van der Waals surface area (Å²) < 4.78 is 5.13. The third-order valence-corrected chi connectivity index (χ3v) is 7.86. The van der Waals surface area contributed by atoms with Gasteiger partial charge in [0.25, 0.3) is 0 Å². The van der Waals surface area contributed by atoms with Gasteiger partial charge in [0.15, 0.2) is 0 Å². The number of rotatable bonds is 10. The molecule has 2 heteroatoms. The Morgan fingerprint density at radius 2 is 1.49 bits per heavy atom. The van der Waals surface area contributed by atoms with E-state index in [2.05, 4.69) is 59.8 Å². The van der Waals surface area contributed by atoms with Crippen molar-refractivity contribution in [2.75, 3.05) is 6.61 Å². The van der Waals surface area contributed by atoms with Gasteiger partial charge in [-0.3, -0.25) is 0 Å². The normalized spacial score (nSPS) is 16.6. The molecule has 0 saturated carbocycles. The molecule has 0 heterocycles. The molecule has 0 aromatic heterocycles. The predicted octanol–water partition coefficient (Wildman–Crippen LogP) is 9.29. The Balaban J connectivity index is 1.98. The number of carbonyl (C=O) groups excluding carboxylic acids is 1. The van der Waals surface area contributed by atoms with Crippen molar-refractivity contribution < 1.29 is 9.53 Å². The first-order valence-electron chi connectivity index (χ1n) is 13.7. The molecule has 1 aliphatic carbocycles. The van der Waals surface area contributed by atoms with E-state index in [0.29, 0.717) is 12.2 Å². The molecular weight excluding hydrogens is 428 g/mol. The minimum atomic E-state index is -0.260. The van der Waals surface area contributed by atoms with Crippen molar-refractivity contribution in [3.63, 3.8) is 0 Å². The van der Waals surface area contributed by atoms with Crippen LogP contribution in [0.4, 0.5) is 0 Å². The van der Waals surface area contributed by atoms with Crippen LogP contribution in [0, 0.1) is 0 Å². The second-order valence-corrected chi connectivity index (χ2v) is 11.7. The molecular formula is C33H46O2. The molecule has 0 saturated heterocycles. The Kier molecular flexibility index (Phi) is 9.02. The SMILES string of the molecule is CCCCCCCc1cc2c(cc1/C(C)=C/c1ccc(C(=O)OCC)cc1)C(C)(C)CCC2(C)C. The van der Waals surface area contributed by atoms with E-state index in [9.17, 15) is 4.79 Å². The number of hydrogen-bond donors (Lipinski definition) is 0. The molecule has 0 spiro atoms. The fourth-order valence-electron chi connectivity index (χ4n) is 5.41. The third-order valence-electron chi connectivity index (χ3n) is 7.86. The summed E-state index contributed by atoms with van der Waals surface area (Å²) in [5, 5.41) is 0. The van der Waals surface area contributed by atoms with Gasteiger partial charge in [0.1, 0.15) is 0 Å². The van der Waals surface area contributed by atoms with Crippen LogP contribution >= 0.6 is 0 Å². The second-order valence-electron chi connectivity index (χ2n) is 11.7. The summed E-state index contributed by atoms with van der Waals surface area (Å²) >= 11 is 0. The molecule has 0 fully saturated rings. The molecule has 35 heavy (non-hydrogen) atoms. The lowest BCUT2D eigenvalue weighted by molar-refractivity contribution is 0.0526. The minimum absolute atomic E-state index is 0.195. The van der Waals surface area contributed by atoms with Gasteiger partial charge < -0.3 is 4.74 Å². The highest BCUT2D eigenvalue weighted by atomic mass is 16.5. The fraction of sp³-hybridized carbons (Fsp3) is 0.545. The van der Waals surface area contributed by atoms with Gasteiger partial charge in [-0.05, 0) is 95.9 Å². The number of hydrogen-bond acceptors (Lipinski definition) is 2. The number of carbonyl (C=O) groups is 1. The average Bonchev–Trinajstić information content (AvgIpc) is 2.82. The minimum Gasteiger partial charge on any atom is -0.462 e. The van der Waals surface area contributed by atoms with Gasteiger partial charge in [0.05, 0.1) is 12.2 Å². The lowest BCUT2D eigenvalue weighted by Gasteiger charge is -2.42. The molecule has 2 aromatic rings. The summed E-state index contributed by atoms with van der Waals surface area (Å²) in [6, 6.07) is 12.8. The van der Waals surface area contributed by atoms with Crippen LogP contribution < -0.4 is 0 Å². The maximum absolute atomic E-state index is 12.0. The molecule has 0 aliphatic heterocycles. The van der Waals surface area contributed by atoms with Crippen molar-refractivity contribution in [1.29, 1.82) is 0 Å². The maximum Gasteiger partial charge on any atom is 0.338 e. The number of ether oxygens (including phenoxy) is 1. The molecule has 190 valence electrons. The summed E-state index contributed by atoms with van der Waals surface area (Å²) in [6.45, 7) is 16.4. The van der Waals surface area contributed by atoms with Crippen molar-refractivity contribution in [3.8, 4) is 0 Å². The van der Waals surface area contributed by atoms with E-state index < -0.39 is 0 Å². The van der Waals surface area contributed by atoms with Crippen LogP contribution in [-0.2, 0) is 22.0 Å². The quantitative estimate of drug-likeness (QED) is 0.195.